The summed E-state index contributed by atoms with van der Waals surface area (Å²) in [6.07, 6.45) is 21.1. The van der Waals surface area contributed by atoms with Gasteiger partial charge in [-0.15, -0.1) is 0 Å². The van der Waals surface area contributed by atoms with E-state index in [9.17, 15) is 9.90 Å². The number of aliphatic hydroxyl groups is 1. The van der Waals surface area contributed by atoms with Gasteiger partial charge in [-0.05, 0) is 12.8 Å². The highest BCUT2D eigenvalue weighted by Crippen LogP contribution is 2.14. The van der Waals surface area contributed by atoms with E-state index in [1.807, 2.05) is 0 Å². The Morgan fingerprint density at radius 2 is 1.15 bits per heavy atom. The zero-order valence-electron chi connectivity index (χ0n) is 17.0. The molecule has 0 saturated carbocycles. The van der Waals surface area contributed by atoms with Crippen LogP contribution in [0.4, 0.5) is 0 Å². The van der Waals surface area contributed by atoms with Gasteiger partial charge in [0.05, 0.1) is 6.61 Å². The van der Waals surface area contributed by atoms with Gasteiger partial charge in [0, 0.05) is 12.8 Å². The predicted molar refractivity (Wildman–Crippen MR) is 108 cm³/mol. The van der Waals surface area contributed by atoms with Crippen molar-refractivity contribution in [3.05, 3.63) is 12.0 Å². The molecule has 0 saturated heterocycles. The first-order chi connectivity index (χ1) is 12.7. The monoisotopic (exact) mass is 370 g/mol. The first-order valence-corrected chi connectivity index (χ1v) is 10.9. The summed E-state index contributed by atoms with van der Waals surface area (Å²) in [5.41, 5.74) is 0. The second-order valence-corrected chi connectivity index (χ2v) is 7.32. The molecule has 0 spiro atoms. The molecule has 0 aromatic rings. The summed E-state index contributed by atoms with van der Waals surface area (Å²) >= 11 is 0. The van der Waals surface area contributed by atoms with Crippen LogP contribution in [0.25, 0.3) is 0 Å². The molecule has 0 heterocycles. The molecule has 0 rings (SSSR count). The SMILES string of the molecule is CCCCCCCCCCCCCCCCC(O)=COCCCC(=O)O. The van der Waals surface area contributed by atoms with Crippen LogP contribution in [0.15, 0.2) is 12.0 Å². The van der Waals surface area contributed by atoms with Gasteiger partial charge in [-0.2, -0.15) is 0 Å². The maximum Gasteiger partial charge on any atom is 0.303 e. The molecule has 0 bridgehead atoms. The van der Waals surface area contributed by atoms with Crippen molar-refractivity contribution in [1.29, 1.82) is 0 Å². The van der Waals surface area contributed by atoms with Crippen molar-refractivity contribution >= 4 is 5.97 Å². The fraction of sp³-hybridized carbons (Fsp3) is 0.864. The van der Waals surface area contributed by atoms with Crippen molar-refractivity contribution in [2.45, 2.75) is 116 Å². The Morgan fingerprint density at radius 3 is 1.62 bits per heavy atom. The zero-order valence-corrected chi connectivity index (χ0v) is 17.0. The summed E-state index contributed by atoms with van der Waals surface area (Å²) < 4.78 is 5.14. The number of carboxylic acids is 1. The topological polar surface area (TPSA) is 66.8 Å². The van der Waals surface area contributed by atoms with Gasteiger partial charge in [0.2, 0.25) is 0 Å². The Morgan fingerprint density at radius 1 is 0.692 bits per heavy atom. The molecule has 0 aliphatic carbocycles. The summed E-state index contributed by atoms with van der Waals surface area (Å²) in [6, 6.07) is 0. The average Bonchev–Trinajstić information content (AvgIpc) is 2.61. The molecule has 0 fully saturated rings. The Balaban J connectivity index is 3.21. The second kappa shape index (κ2) is 20.1. The van der Waals surface area contributed by atoms with Gasteiger partial charge in [-0.1, -0.05) is 90.4 Å². The minimum absolute atomic E-state index is 0.105. The van der Waals surface area contributed by atoms with Crippen LogP contribution < -0.4 is 0 Å². The summed E-state index contributed by atoms with van der Waals surface area (Å²) in [5.74, 6) is -0.552. The highest BCUT2D eigenvalue weighted by atomic mass is 16.5. The highest BCUT2D eigenvalue weighted by Gasteiger charge is 1.98. The molecule has 26 heavy (non-hydrogen) atoms. The van der Waals surface area contributed by atoms with E-state index < -0.39 is 5.97 Å². The molecule has 0 aromatic carbocycles. The van der Waals surface area contributed by atoms with Gasteiger partial charge < -0.3 is 14.9 Å². The molecule has 4 nitrogen and oxygen atoms in total. The van der Waals surface area contributed by atoms with E-state index >= 15 is 0 Å². The summed E-state index contributed by atoms with van der Waals surface area (Å²) in [5, 5.41) is 18.2. The van der Waals surface area contributed by atoms with Crippen molar-refractivity contribution in [1.82, 2.24) is 0 Å². The summed E-state index contributed by atoms with van der Waals surface area (Å²) in [7, 11) is 0. The molecule has 0 amide bonds. The maximum absolute atomic E-state index is 10.3. The van der Waals surface area contributed by atoms with Gasteiger partial charge in [-0.3, -0.25) is 4.79 Å². The minimum atomic E-state index is -0.816. The van der Waals surface area contributed by atoms with Crippen LogP contribution >= 0.6 is 0 Å². The molecule has 4 heteroatoms. The molecule has 0 aromatic heterocycles. The molecule has 2 N–H and O–H groups in total. The van der Waals surface area contributed by atoms with Crippen LogP contribution in [0.3, 0.4) is 0 Å². The number of aliphatic carboxylic acids is 1. The number of hydrogen-bond donors (Lipinski definition) is 2. The van der Waals surface area contributed by atoms with Crippen LogP contribution in [-0.2, 0) is 9.53 Å². The van der Waals surface area contributed by atoms with Crippen molar-refractivity contribution in [2.75, 3.05) is 6.61 Å². The van der Waals surface area contributed by atoms with Gasteiger partial charge in [0.15, 0.2) is 0 Å². The highest BCUT2D eigenvalue weighted by molar-refractivity contribution is 5.66. The second-order valence-electron chi connectivity index (χ2n) is 7.32. The van der Waals surface area contributed by atoms with Gasteiger partial charge in [-0.25, -0.2) is 0 Å². The lowest BCUT2D eigenvalue weighted by Crippen LogP contribution is -1.97. The third-order valence-corrected chi connectivity index (χ3v) is 4.66. The number of unbranched alkanes of at least 4 members (excludes halogenated alkanes) is 13. The number of ether oxygens (including phenoxy) is 1. The van der Waals surface area contributed by atoms with Crippen molar-refractivity contribution in [3.8, 4) is 0 Å². The maximum atomic E-state index is 10.3. The predicted octanol–water partition coefficient (Wildman–Crippen LogP) is 7.14. The standard InChI is InChI=1S/C22H42O4/c1-2-3-4-5-6-7-8-9-10-11-12-13-14-15-17-21(23)20-26-19-16-18-22(24)25/h20,23H,2-19H2,1H3,(H,24,25). The minimum Gasteiger partial charge on any atom is -0.509 e. The number of carbonyl (C=O) groups is 1. The van der Waals surface area contributed by atoms with Gasteiger partial charge in [0.25, 0.3) is 0 Å². The Hall–Kier alpha value is -1.19. The number of allylic oxidation sites excluding steroid dienone is 1. The average molecular weight is 371 g/mol. The van der Waals surface area contributed by atoms with E-state index in [4.69, 9.17) is 9.84 Å². The van der Waals surface area contributed by atoms with E-state index in [0.29, 0.717) is 19.4 Å². The van der Waals surface area contributed by atoms with Crippen LogP contribution in [-0.4, -0.2) is 22.8 Å². The largest absolute Gasteiger partial charge is 0.509 e. The number of rotatable bonds is 20. The lowest BCUT2D eigenvalue weighted by molar-refractivity contribution is -0.137. The fourth-order valence-corrected chi connectivity index (χ4v) is 3.02. The first-order valence-electron chi connectivity index (χ1n) is 10.9. The molecule has 0 aliphatic rings. The number of aliphatic hydroxyl groups excluding tert-OH is 1. The molecular weight excluding hydrogens is 328 g/mol. The third-order valence-electron chi connectivity index (χ3n) is 4.66. The normalized spacial score (nSPS) is 11.7. The van der Waals surface area contributed by atoms with Crippen LogP contribution in [0.1, 0.15) is 116 Å². The van der Waals surface area contributed by atoms with Crippen molar-refractivity contribution in [3.63, 3.8) is 0 Å². The van der Waals surface area contributed by atoms with Gasteiger partial charge in [0.1, 0.15) is 12.0 Å². The zero-order chi connectivity index (χ0) is 19.3. The molecular formula is C22H42O4. The lowest BCUT2D eigenvalue weighted by atomic mass is 10.0. The van der Waals surface area contributed by atoms with E-state index in [-0.39, 0.29) is 12.2 Å². The first kappa shape index (κ1) is 24.8. The summed E-state index contributed by atoms with van der Waals surface area (Å²) in [6.45, 7) is 2.61. The van der Waals surface area contributed by atoms with Crippen LogP contribution in [0, 0.1) is 0 Å². The van der Waals surface area contributed by atoms with Crippen molar-refractivity contribution in [2.24, 2.45) is 0 Å². The third kappa shape index (κ3) is 20.9. The smallest absolute Gasteiger partial charge is 0.303 e. The Kier molecular flexibility index (Phi) is 19.2. The molecule has 154 valence electrons. The Labute approximate surface area is 161 Å². The molecule has 0 radical (unpaired) electrons. The van der Waals surface area contributed by atoms with Crippen LogP contribution in [0.5, 0.6) is 0 Å². The van der Waals surface area contributed by atoms with E-state index in [1.165, 1.54) is 83.3 Å². The van der Waals surface area contributed by atoms with Crippen molar-refractivity contribution < 1.29 is 19.7 Å². The Bertz CT molecular complexity index is 339. The van der Waals surface area contributed by atoms with Gasteiger partial charge >= 0.3 is 5.97 Å². The molecule has 0 atom stereocenters. The molecule has 0 unspecified atom stereocenters. The summed E-state index contributed by atoms with van der Waals surface area (Å²) in [4.78, 5) is 10.3. The van der Waals surface area contributed by atoms with Crippen LogP contribution in [0.2, 0.25) is 0 Å². The quantitative estimate of drug-likeness (QED) is 0.176. The van der Waals surface area contributed by atoms with E-state index in [1.54, 1.807) is 0 Å². The number of hydrogen-bond acceptors (Lipinski definition) is 3. The van der Waals surface area contributed by atoms with E-state index in [0.717, 1.165) is 12.8 Å². The van der Waals surface area contributed by atoms with E-state index in [2.05, 4.69) is 6.92 Å². The fourth-order valence-electron chi connectivity index (χ4n) is 3.02. The number of carboxylic acid groups (broad SMARTS) is 1. The lowest BCUT2D eigenvalue weighted by Gasteiger charge is -2.04. The molecule has 0 aliphatic heterocycles.